The summed E-state index contributed by atoms with van der Waals surface area (Å²) in [6, 6.07) is 13.5. The maximum Gasteiger partial charge on any atom is 0.339 e. The Morgan fingerprint density at radius 1 is 1.00 bits per heavy atom. The number of esters is 1. The molecule has 0 saturated carbocycles. The molecule has 0 spiro atoms. The van der Waals surface area contributed by atoms with Gasteiger partial charge in [-0.2, -0.15) is 0 Å². The van der Waals surface area contributed by atoms with E-state index in [1.807, 2.05) is 25.1 Å². The van der Waals surface area contributed by atoms with Gasteiger partial charge < -0.3 is 24.8 Å². The minimum Gasteiger partial charge on any atom is -0.494 e. The normalized spacial score (nSPS) is 9.92. The average molecular weight is 358 g/mol. The summed E-state index contributed by atoms with van der Waals surface area (Å²) in [6.45, 7) is 3.08. The van der Waals surface area contributed by atoms with Crippen LogP contribution >= 0.6 is 0 Å². The van der Waals surface area contributed by atoms with E-state index < -0.39 is 12.0 Å². The van der Waals surface area contributed by atoms with Crippen molar-refractivity contribution in [1.29, 1.82) is 0 Å². The third-order valence-corrected chi connectivity index (χ3v) is 3.35. The largest absolute Gasteiger partial charge is 0.494 e. The van der Waals surface area contributed by atoms with Crippen molar-refractivity contribution >= 4 is 17.7 Å². The van der Waals surface area contributed by atoms with Gasteiger partial charge >= 0.3 is 12.0 Å². The Balaban J connectivity index is 1.79. The number of carbonyl (C=O) groups excluding carboxylic acids is 2. The molecule has 2 aromatic rings. The highest BCUT2D eigenvalue weighted by atomic mass is 16.5. The molecule has 7 nitrogen and oxygen atoms in total. The summed E-state index contributed by atoms with van der Waals surface area (Å²) in [6.07, 6.45) is 0. The maximum atomic E-state index is 12.0. The van der Waals surface area contributed by atoms with Gasteiger partial charge in [0.05, 0.1) is 31.5 Å². The summed E-state index contributed by atoms with van der Waals surface area (Å²) < 4.78 is 15.7. The number of hydrogen-bond acceptors (Lipinski definition) is 5. The van der Waals surface area contributed by atoms with Gasteiger partial charge in [-0.3, -0.25) is 0 Å². The molecule has 0 aromatic heterocycles. The van der Waals surface area contributed by atoms with E-state index in [2.05, 4.69) is 10.6 Å². The zero-order valence-electron chi connectivity index (χ0n) is 14.8. The second-order valence-corrected chi connectivity index (χ2v) is 5.17. The molecule has 0 aliphatic carbocycles. The minimum atomic E-state index is -0.515. The van der Waals surface area contributed by atoms with Crippen LogP contribution in [0.4, 0.5) is 10.5 Å². The average Bonchev–Trinajstić information content (AvgIpc) is 2.66. The van der Waals surface area contributed by atoms with E-state index in [1.165, 1.54) is 7.11 Å². The first kappa shape index (κ1) is 19.1. The van der Waals surface area contributed by atoms with Crippen molar-refractivity contribution in [2.75, 3.05) is 32.2 Å². The van der Waals surface area contributed by atoms with Crippen molar-refractivity contribution in [3.05, 3.63) is 54.1 Å². The Hall–Kier alpha value is -3.22. The number of methoxy groups -OCH3 is 1. The molecule has 26 heavy (non-hydrogen) atoms. The van der Waals surface area contributed by atoms with Crippen molar-refractivity contribution < 1.29 is 23.8 Å². The molecular formula is C19H22N2O5. The van der Waals surface area contributed by atoms with E-state index in [4.69, 9.17) is 14.2 Å². The number of hydrogen-bond donors (Lipinski definition) is 2. The number of urea groups is 1. The summed E-state index contributed by atoms with van der Waals surface area (Å²) >= 11 is 0. The van der Waals surface area contributed by atoms with E-state index >= 15 is 0 Å². The lowest BCUT2D eigenvalue weighted by atomic mass is 10.2. The number of ether oxygens (including phenoxy) is 3. The molecule has 0 radical (unpaired) electrons. The van der Waals surface area contributed by atoms with Crippen LogP contribution in [-0.2, 0) is 4.74 Å². The van der Waals surface area contributed by atoms with Crippen LogP contribution in [0.3, 0.4) is 0 Å². The van der Waals surface area contributed by atoms with Gasteiger partial charge in [0.2, 0.25) is 0 Å². The van der Waals surface area contributed by atoms with Crippen LogP contribution in [0, 0.1) is 0 Å². The minimum absolute atomic E-state index is 0.286. The molecule has 2 N–H and O–H groups in total. The van der Waals surface area contributed by atoms with Crippen LogP contribution < -0.4 is 20.1 Å². The first-order chi connectivity index (χ1) is 12.6. The van der Waals surface area contributed by atoms with E-state index in [1.54, 1.807) is 30.3 Å². The predicted molar refractivity (Wildman–Crippen MR) is 97.9 cm³/mol. The lowest BCUT2D eigenvalue weighted by Gasteiger charge is -2.12. The lowest BCUT2D eigenvalue weighted by molar-refractivity contribution is 0.0602. The van der Waals surface area contributed by atoms with Crippen molar-refractivity contribution in [1.82, 2.24) is 5.32 Å². The third-order valence-electron chi connectivity index (χ3n) is 3.35. The number of para-hydroxylation sites is 1. The molecule has 0 atom stereocenters. The molecule has 138 valence electrons. The van der Waals surface area contributed by atoms with Gasteiger partial charge in [0.15, 0.2) is 0 Å². The molecule has 2 rings (SSSR count). The predicted octanol–water partition coefficient (Wildman–Crippen LogP) is 3.07. The molecule has 0 saturated heterocycles. The smallest absolute Gasteiger partial charge is 0.339 e. The summed E-state index contributed by atoms with van der Waals surface area (Å²) in [5.74, 6) is 0.878. The van der Waals surface area contributed by atoms with Gasteiger partial charge in [-0.1, -0.05) is 18.2 Å². The van der Waals surface area contributed by atoms with Crippen molar-refractivity contribution in [2.45, 2.75) is 6.92 Å². The van der Waals surface area contributed by atoms with Crippen LogP contribution in [0.2, 0.25) is 0 Å². The van der Waals surface area contributed by atoms with Crippen LogP contribution in [0.25, 0.3) is 0 Å². The molecule has 0 bridgehead atoms. The fourth-order valence-electron chi connectivity index (χ4n) is 2.20. The van der Waals surface area contributed by atoms with E-state index in [9.17, 15) is 9.59 Å². The molecule has 7 heteroatoms. The Morgan fingerprint density at radius 3 is 2.46 bits per heavy atom. The van der Waals surface area contributed by atoms with Crippen molar-refractivity contribution in [2.24, 2.45) is 0 Å². The number of nitrogens with one attached hydrogen (secondary N) is 2. The lowest BCUT2D eigenvalue weighted by Crippen LogP contribution is -2.32. The van der Waals surface area contributed by atoms with Gasteiger partial charge in [0.1, 0.15) is 18.1 Å². The SMILES string of the molecule is CCOc1cccc(OCCNC(=O)Nc2ccccc2C(=O)OC)c1. The second-order valence-electron chi connectivity index (χ2n) is 5.17. The number of carbonyl (C=O) groups is 2. The van der Waals surface area contributed by atoms with E-state index in [0.717, 1.165) is 5.75 Å². The number of amides is 2. The summed E-state index contributed by atoms with van der Waals surface area (Å²) in [4.78, 5) is 23.7. The number of benzene rings is 2. The highest BCUT2D eigenvalue weighted by Crippen LogP contribution is 2.19. The molecule has 0 aliphatic rings. The Kier molecular flexibility index (Phi) is 7.30. The van der Waals surface area contributed by atoms with Crippen LogP contribution in [0.5, 0.6) is 11.5 Å². The Morgan fingerprint density at radius 2 is 1.73 bits per heavy atom. The van der Waals surface area contributed by atoms with Crippen LogP contribution in [0.1, 0.15) is 17.3 Å². The van der Waals surface area contributed by atoms with Crippen LogP contribution in [0.15, 0.2) is 48.5 Å². The van der Waals surface area contributed by atoms with E-state index in [-0.39, 0.29) is 5.56 Å². The molecule has 0 unspecified atom stereocenters. The third kappa shape index (κ3) is 5.70. The summed E-state index contributed by atoms with van der Waals surface area (Å²) in [5, 5.41) is 5.29. The van der Waals surface area contributed by atoms with Gasteiger partial charge in [-0.05, 0) is 31.2 Å². The van der Waals surface area contributed by atoms with Crippen molar-refractivity contribution in [3.8, 4) is 11.5 Å². The quantitative estimate of drug-likeness (QED) is 0.559. The zero-order valence-corrected chi connectivity index (χ0v) is 14.8. The zero-order chi connectivity index (χ0) is 18.8. The second kappa shape index (κ2) is 9.93. The van der Waals surface area contributed by atoms with E-state index in [0.29, 0.717) is 31.2 Å². The Labute approximate surface area is 152 Å². The highest BCUT2D eigenvalue weighted by molar-refractivity contribution is 6.00. The Bertz CT molecular complexity index is 748. The molecule has 2 amide bonds. The first-order valence-corrected chi connectivity index (χ1v) is 8.22. The molecule has 0 aliphatic heterocycles. The monoisotopic (exact) mass is 358 g/mol. The topological polar surface area (TPSA) is 85.9 Å². The van der Waals surface area contributed by atoms with Gasteiger partial charge in [0, 0.05) is 6.07 Å². The van der Waals surface area contributed by atoms with Gasteiger partial charge in [-0.25, -0.2) is 9.59 Å². The summed E-state index contributed by atoms with van der Waals surface area (Å²) in [7, 11) is 1.29. The fourth-order valence-corrected chi connectivity index (χ4v) is 2.20. The molecule has 0 heterocycles. The molecular weight excluding hydrogens is 336 g/mol. The number of anilines is 1. The molecule has 0 fully saturated rings. The fraction of sp³-hybridized carbons (Fsp3) is 0.263. The standard InChI is InChI=1S/C19H22N2O5/c1-3-25-14-7-6-8-15(13-14)26-12-11-20-19(23)21-17-10-5-4-9-16(17)18(22)24-2/h4-10,13H,3,11-12H2,1-2H3,(H2,20,21,23). The maximum absolute atomic E-state index is 12.0. The number of rotatable bonds is 8. The highest BCUT2D eigenvalue weighted by Gasteiger charge is 2.12. The van der Waals surface area contributed by atoms with Gasteiger partial charge in [-0.15, -0.1) is 0 Å². The van der Waals surface area contributed by atoms with Crippen LogP contribution in [-0.4, -0.2) is 38.9 Å². The van der Waals surface area contributed by atoms with Crippen molar-refractivity contribution in [3.63, 3.8) is 0 Å². The summed E-state index contributed by atoms with van der Waals surface area (Å²) in [5.41, 5.74) is 0.663. The first-order valence-electron chi connectivity index (χ1n) is 8.22. The van der Waals surface area contributed by atoms with Gasteiger partial charge in [0.25, 0.3) is 0 Å². The molecule has 2 aromatic carbocycles.